The van der Waals surface area contributed by atoms with Crippen LogP contribution in [0.5, 0.6) is 5.75 Å². The Balaban J connectivity index is 2.15. The van der Waals surface area contributed by atoms with Gasteiger partial charge in [-0.3, -0.25) is 9.36 Å². The molecule has 6 heteroatoms. The van der Waals surface area contributed by atoms with E-state index in [9.17, 15) is 4.79 Å². The van der Waals surface area contributed by atoms with Gasteiger partial charge in [0.1, 0.15) is 18.1 Å². The summed E-state index contributed by atoms with van der Waals surface area (Å²) in [4.78, 5) is 12.0. The number of rotatable bonds is 4. The van der Waals surface area contributed by atoms with Crippen molar-refractivity contribution < 1.29 is 9.53 Å². The summed E-state index contributed by atoms with van der Waals surface area (Å²) in [5.74, 6) is 0.694. The third-order valence-corrected chi connectivity index (χ3v) is 2.44. The van der Waals surface area contributed by atoms with Crippen LogP contribution >= 0.6 is 0 Å². The lowest BCUT2D eigenvalue weighted by Crippen LogP contribution is -2.11. The lowest BCUT2D eigenvalue weighted by Gasteiger charge is -2.03. The van der Waals surface area contributed by atoms with Crippen molar-refractivity contribution in [2.24, 2.45) is 0 Å². The lowest BCUT2D eigenvalue weighted by atomic mass is 10.1. The van der Waals surface area contributed by atoms with E-state index in [1.807, 2.05) is 6.07 Å². The van der Waals surface area contributed by atoms with Gasteiger partial charge in [-0.15, -0.1) is 10.2 Å². The third-order valence-electron chi connectivity index (χ3n) is 2.44. The van der Waals surface area contributed by atoms with Gasteiger partial charge >= 0.3 is 0 Å². The van der Waals surface area contributed by atoms with Gasteiger partial charge in [0.25, 0.3) is 0 Å². The van der Waals surface area contributed by atoms with Crippen molar-refractivity contribution in [2.75, 3.05) is 7.11 Å². The minimum Gasteiger partial charge on any atom is -0.497 e. The zero-order valence-electron chi connectivity index (χ0n) is 9.70. The number of nitrogens with zero attached hydrogens (tertiary/aromatic N) is 4. The second-order valence-electron chi connectivity index (χ2n) is 3.55. The van der Waals surface area contributed by atoms with E-state index < -0.39 is 0 Å². The second kappa shape index (κ2) is 5.10. The lowest BCUT2D eigenvalue weighted by molar-refractivity contribution is 0.0971. The van der Waals surface area contributed by atoms with Gasteiger partial charge < -0.3 is 4.74 Å². The first kappa shape index (κ1) is 11.8. The number of carbonyl (C=O) groups excluding carboxylic acids is 1. The van der Waals surface area contributed by atoms with E-state index in [1.165, 1.54) is 10.9 Å². The van der Waals surface area contributed by atoms with E-state index in [0.717, 1.165) is 0 Å². The summed E-state index contributed by atoms with van der Waals surface area (Å²) in [6.45, 7) is 0.0439. The van der Waals surface area contributed by atoms with Gasteiger partial charge in [0.2, 0.25) is 5.82 Å². The van der Waals surface area contributed by atoms with Crippen molar-refractivity contribution in [3.8, 4) is 11.8 Å². The first-order chi connectivity index (χ1) is 8.74. The van der Waals surface area contributed by atoms with Crippen LogP contribution in [0.25, 0.3) is 0 Å². The smallest absolute Gasteiger partial charge is 0.235 e. The molecule has 0 bridgehead atoms. The topological polar surface area (TPSA) is 80.8 Å². The fraction of sp³-hybridized carbons (Fsp3) is 0.167. The highest BCUT2D eigenvalue weighted by Gasteiger charge is 2.10. The third kappa shape index (κ3) is 2.35. The molecule has 0 atom stereocenters. The molecule has 0 saturated carbocycles. The summed E-state index contributed by atoms with van der Waals surface area (Å²) in [5, 5.41) is 15.9. The molecule has 0 fully saturated rings. The Hall–Kier alpha value is -2.68. The summed E-state index contributed by atoms with van der Waals surface area (Å²) in [6.07, 6.45) is 1.36. The summed E-state index contributed by atoms with van der Waals surface area (Å²) in [7, 11) is 1.56. The summed E-state index contributed by atoms with van der Waals surface area (Å²) < 4.78 is 6.42. The molecule has 0 N–H and O–H groups in total. The van der Waals surface area contributed by atoms with Gasteiger partial charge in [0.15, 0.2) is 5.78 Å². The Morgan fingerprint density at radius 1 is 1.44 bits per heavy atom. The SMILES string of the molecule is COc1ccc(C(=O)Cn2cnnc2C#N)cc1. The molecule has 2 aromatic rings. The zero-order chi connectivity index (χ0) is 13.0. The highest BCUT2D eigenvalue weighted by molar-refractivity contribution is 5.96. The second-order valence-corrected chi connectivity index (χ2v) is 3.55. The monoisotopic (exact) mass is 242 g/mol. The van der Waals surface area contributed by atoms with Crippen molar-refractivity contribution in [3.63, 3.8) is 0 Å². The Bertz CT molecular complexity index is 595. The van der Waals surface area contributed by atoms with Gasteiger partial charge in [0.05, 0.1) is 13.7 Å². The van der Waals surface area contributed by atoms with Gasteiger partial charge in [-0.2, -0.15) is 5.26 Å². The molecular formula is C12H10N4O2. The fourth-order valence-electron chi connectivity index (χ4n) is 1.48. The summed E-state index contributed by atoms with van der Waals surface area (Å²) >= 11 is 0. The maximum atomic E-state index is 12.0. The first-order valence-electron chi connectivity index (χ1n) is 5.19. The van der Waals surface area contributed by atoms with Crippen LogP contribution in [0, 0.1) is 11.3 Å². The van der Waals surface area contributed by atoms with E-state index in [4.69, 9.17) is 10.00 Å². The molecule has 0 radical (unpaired) electrons. The molecule has 0 saturated heterocycles. The Labute approximate surface area is 103 Å². The summed E-state index contributed by atoms with van der Waals surface area (Å²) in [6, 6.07) is 8.65. The highest BCUT2D eigenvalue weighted by atomic mass is 16.5. The molecule has 1 heterocycles. The molecule has 0 unspecified atom stereocenters. The molecule has 1 aromatic heterocycles. The Morgan fingerprint density at radius 2 is 2.17 bits per heavy atom. The van der Waals surface area contributed by atoms with Gasteiger partial charge in [-0.25, -0.2) is 0 Å². The van der Waals surface area contributed by atoms with E-state index >= 15 is 0 Å². The number of nitriles is 1. The molecule has 2 rings (SSSR count). The van der Waals surface area contributed by atoms with Crippen LogP contribution in [0.4, 0.5) is 0 Å². The Kier molecular flexibility index (Phi) is 3.34. The van der Waals surface area contributed by atoms with E-state index in [1.54, 1.807) is 31.4 Å². The molecule has 0 aliphatic heterocycles. The number of ketones is 1. The minimum absolute atomic E-state index is 0.0439. The fourth-order valence-corrected chi connectivity index (χ4v) is 1.48. The predicted molar refractivity (Wildman–Crippen MR) is 62.1 cm³/mol. The number of carbonyl (C=O) groups is 1. The average Bonchev–Trinajstić information content (AvgIpc) is 2.86. The number of benzene rings is 1. The predicted octanol–water partition coefficient (Wildman–Crippen LogP) is 1.04. The van der Waals surface area contributed by atoms with Crippen LogP contribution in [-0.4, -0.2) is 27.7 Å². The van der Waals surface area contributed by atoms with Crippen LogP contribution in [0.15, 0.2) is 30.6 Å². The normalized spacial score (nSPS) is 9.78. The number of ether oxygens (including phenoxy) is 1. The molecule has 90 valence electrons. The number of Topliss-reactive ketones (excluding diaryl/α,β-unsaturated/α-hetero) is 1. The largest absolute Gasteiger partial charge is 0.497 e. The minimum atomic E-state index is -0.117. The van der Waals surface area contributed by atoms with Crippen molar-refractivity contribution in [1.82, 2.24) is 14.8 Å². The highest BCUT2D eigenvalue weighted by Crippen LogP contribution is 2.12. The zero-order valence-corrected chi connectivity index (χ0v) is 9.70. The van der Waals surface area contributed by atoms with E-state index in [0.29, 0.717) is 11.3 Å². The van der Waals surface area contributed by atoms with Crippen LogP contribution in [0.3, 0.4) is 0 Å². The quantitative estimate of drug-likeness (QED) is 0.748. The van der Waals surface area contributed by atoms with Crippen LogP contribution in [-0.2, 0) is 6.54 Å². The van der Waals surface area contributed by atoms with Gasteiger partial charge in [-0.05, 0) is 24.3 Å². The standard InChI is InChI=1S/C12H10N4O2/c1-18-10-4-2-9(3-5-10)11(17)7-16-8-14-15-12(16)6-13/h2-5,8H,7H2,1H3. The number of hydrogen-bond acceptors (Lipinski definition) is 5. The number of aromatic nitrogens is 3. The molecule has 18 heavy (non-hydrogen) atoms. The number of methoxy groups -OCH3 is 1. The molecule has 1 aromatic carbocycles. The summed E-state index contributed by atoms with van der Waals surface area (Å²) in [5.41, 5.74) is 0.549. The van der Waals surface area contributed by atoms with E-state index in [2.05, 4.69) is 10.2 Å². The molecule has 0 aliphatic rings. The van der Waals surface area contributed by atoms with Gasteiger partial charge in [-0.1, -0.05) is 0 Å². The van der Waals surface area contributed by atoms with Crippen molar-refractivity contribution >= 4 is 5.78 Å². The molecule has 0 aliphatic carbocycles. The molecule has 6 nitrogen and oxygen atoms in total. The number of hydrogen-bond donors (Lipinski definition) is 0. The Morgan fingerprint density at radius 3 is 2.78 bits per heavy atom. The maximum absolute atomic E-state index is 12.0. The van der Waals surface area contributed by atoms with Crippen LogP contribution in [0.1, 0.15) is 16.2 Å². The van der Waals surface area contributed by atoms with Crippen molar-refractivity contribution in [2.45, 2.75) is 6.54 Å². The van der Waals surface area contributed by atoms with Gasteiger partial charge in [0, 0.05) is 5.56 Å². The van der Waals surface area contributed by atoms with Crippen LogP contribution < -0.4 is 4.74 Å². The van der Waals surface area contributed by atoms with E-state index in [-0.39, 0.29) is 18.2 Å². The maximum Gasteiger partial charge on any atom is 0.235 e. The average molecular weight is 242 g/mol. The molecule has 0 spiro atoms. The van der Waals surface area contributed by atoms with Crippen molar-refractivity contribution in [1.29, 1.82) is 5.26 Å². The van der Waals surface area contributed by atoms with Crippen molar-refractivity contribution in [3.05, 3.63) is 42.0 Å². The van der Waals surface area contributed by atoms with Crippen LogP contribution in [0.2, 0.25) is 0 Å². The molecular weight excluding hydrogens is 232 g/mol. The molecule has 0 amide bonds. The first-order valence-corrected chi connectivity index (χ1v) is 5.19.